The first-order valence-electron chi connectivity index (χ1n) is 3.49. The Hall–Kier alpha value is -1.10. The monoisotopic (exact) mass is 156 g/mol. The van der Waals surface area contributed by atoms with Crippen molar-refractivity contribution in [3.05, 3.63) is 16.4 Å². The van der Waals surface area contributed by atoms with E-state index in [0.717, 1.165) is 13.0 Å². The molecule has 11 heavy (non-hydrogen) atoms. The molecule has 1 fully saturated rings. The smallest absolute Gasteiger partial charge is 0.392 e. The highest BCUT2D eigenvalue weighted by Crippen LogP contribution is 2.21. The Morgan fingerprint density at radius 3 is 3.09 bits per heavy atom. The summed E-state index contributed by atoms with van der Waals surface area (Å²) in [6.45, 7) is 1.33. The summed E-state index contributed by atoms with van der Waals surface area (Å²) in [6, 6.07) is 0. The number of nitrogens with one attached hydrogen (secondary N) is 1. The molecule has 0 aromatic carbocycles. The number of ether oxygens (including phenoxy) is 1. The summed E-state index contributed by atoms with van der Waals surface area (Å²) in [7, 11) is 0. The zero-order chi connectivity index (χ0) is 7.68. The Balaban J connectivity index is 2.21. The molecule has 5 nitrogen and oxygen atoms in total. The Kier molecular flexibility index (Phi) is 1.50. The molecule has 0 spiro atoms. The van der Waals surface area contributed by atoms with Gasteiger partial charge >= 0.3 is 5.76 Å². The molecular weight excluding hydrogens is 148 g/mol. The van der Waals surface area contributed by atoms with Gasteiger partial charge in [-0.2, -0.15) is 0 Å². The van der Waals surface area contributed by atoms with Gasteiger partial charge in [0.05, 0.1) is 12.5 Å². The van der Waals surface area contributed by atoms with Crippen molar-refractivity contribution in [1.29, 1.82) is 0 Å². The molecule has 2 heterocycles. The lowest BCUT2D eigenvalue weighted by Gasteiger charge is -1.96. The van der Waals surface area contributed by atoms with Crippen LogP contribution in [-0.2, 0) is 4.74 Å². The average molecular weight is 156 g/mol. The molecule has 1 aliphatic rings. The van der Waals surface area contributed by atoms with E-state index in [-0.39, 0.29) is 5.92 Å². The van der Waals surface area contributed by atoms with E-state index in [1.807, 2.05) is 0 Å². The van der Waals surface area contributed by atoms with Crippen molar-refractivity contribution in [2.45, 2.75) is 12.3 Å². The van der Waals surface area contributed by atoms with Crippen LogP contribution in [0.5, 0.6) is 0 Å². The summed E-state index contributed by atoms with van der Waals surface area (Å²) in [5.41, 5.74) is 0. The normalized spacial score (nSPS) is 24.2. The molecule has 1 unspecified atom stereocenters. The largest absolute Gasteiger partial charge is 0.434 e. The maximum Gasteiger partial charge on any atom is 0.434 e. The standard InChI is InChI=1S/C6H8N2O3/c9-6-8-7-5(11-6)4-1-2-10-3-4/h4H,1-3H2,(H,8,9). The van der Waals surface area contributed by atoms with Gasteiger partial charge in [0.2, 0.25) is 5.89 Å². The molecule has 1 aromatic heterocycles. The predicted octanol–water partition coefficient (Wildman–Crippen LogP) is -0.133. The minimum absolute atomic E-state index is 0.161. The van der Waals surface area contributed by atoms with E-state index in [1.54, 1.807) is 0 Å². The van der Waals surface area contributed by atoms with Gasteiger partial charge in [0.1, 0.15) is 0 Å². The molecule has 60 valence electrons. The molecule has 5 heteroatoms. The summed E-state index contributed by atoms with van der Waals surface area (Å²) >= 11 is 0. The van der Waals surface area contributed by atoms with Crippen LogP contribution in [0.2, 0.25) is 0 Å². The molecule has 0 saturated carbocycles. The number of aromatic nitrogens is 2. The average Bonchev–Trinajstić information content (AvgIpc) is 2.55. The highest BCUT2D eigenvalue weighted by Gasteiger charge is 2.22. The Morgan fingerprint density at radius 2 is 2.55 bits per heavy atom. The highest BCUT2D eigenvalue weighted by atomic mass is 16.5. The number of hydrogen-bond acceptors (Lipinski definition) is 4. The first-order chi connectivity index (χ1) is 5.36. The number of aromatic amines is 1. The number of hydrogen-bond donors (Lipinski definition) is 1. The van der Waals surface area contributed by atoms with E-state index in [4.69, 9.17) is 9.15 Å². The maximum atomic E-state index is 10.5. The van der Waals surface area contributed by atoms with Crippen LogP contribution < -0.4 is 5.76 Å². The van der Waals surface area contributed by atoms with E-state index >= 15 is 0 Å². The molecule has 1 saturated heterocycles. The van der Waals surface area contributed by atoms with Gasteiger partial charge in [-0.15, -0.1) is 5.10 Å². The molecular formula is C6H8N2O3. The van der Waals surface area contributed by atoms with Gasteiger partial charge in [0, 0.05) is 6.61 Å². The van der Waals surface area contributed by atoms with Crippen LogP contribution in [0.4, 0.5) is 0 Å². The van der Waals surface area contributed by atoms with E-state index < -0.39 is 5.76 Å². The number of rotatable bonds is 1. The van der Waals surface area contributed by atoms with Crippen molar-refractivity contribution in [1.82, 2.24) is 10.2 Å². The van der Waals surface area contributed by atoms with Crippen LogP contribution in [0.3, 0.4) is 0 Å². The number of H-pyrrole nitrogens is 1. The maximum absolute atomic E-state index is 10.5. The predicted molar refractivity (Wildman–Crippen MR) is 35.3 cm³/mol. The third-order valence-corrected chi connectivity index (χ3v) is 1.73. The fraction of sp³-hybridized carbons (Fsp3) is 0.667. The molecule has 0 amide bonds. The lowest BCUT2D eigenvalue weighted by molar-refractivity contribution is 0.190. The van der Waals surface area contributed by atoms with Crippen molar-refractivity contribution in [2.24, 2.45) is 0 Å². The van der Waals surface area contributed by atoms with Gasteiger partial charge < -0.3 is 9.15 Å². The highest BCUT2D eigenvalue weighted by molar-refractivity contribution is 4.90. The van der Waals surface area contributed by atoms with Crippen molar-refractivity contribution >= 4 is 0 Å². The fourth-order valence-corrected chi connectivity index (χ4v) is 1.15. The Morgan fingerprint density at radius 1 is 1.64 bits per heavy atom. The third kappa shape index (κ3) is 1.19. The first-order valence-corrected chi connectivity index (χ1v) is 3.49. The third-order valence-electron chi connectivity index (χ3n) is 1.73. The fourth-order valence-electron chi connectivity index (χ4n) is 1.15. The summed E-state index contributed by atoms with van der Waals surface area (Å²) < 4.78 is 9.87. The van der Waals surface area contributed by atoms with Crippen LogP contribution in [0.15, 0.2) is 9.21 Å². The van der Waals surface area contributed by atoms with Crippen LogP contribution in [0.25, 0.3) is 0 Å². The van der Waals surface area contributed by atoms with E-state index in [0.29, 0.717) is 12.5 Å². The van der Waals surface area contributed by atoms with Gasteiger partial charge in [-0.05, 0) is 6.42 Å². The quantitative estimate of drug-likeness (QED) is 0.614. The minimum Gasteiger partial charge on any atom is -0.392 e. The molecule has 0 aliphatic carbocycles. The molecule has 0 radical (unpaired) electrons. The van der Waals surface area contributed by atoms with Crippen molar-refractivity contribution in [3.8, 4) is 0 Å². The molecule has 1 N–H and O–H groups in total. The van der Waals surface area contributed by atoms with Crippen molar-refractivity contribution in [3.63, 3.8) is 0 Å². The van der Waals surface area contributed by atoms with Crippen molar-refractivity contribution < 1.29 is 9.15 Å². The van der Waals surface area contributed by atoms with Crippen LogP contribution in [0, 0.1) is 0 Å². The van der Waals surface area contributed by atoms with Gasteiger partial charge in [0.25, 0.3) is 0 Å². The topological polar surface area (TPSA) is 68.1 Å². The lowest BCUT2D eigenvalue weighted by Crippen LogP contribution is -1.97. The molecule has 2 rings (SSSR count). The van der Waals surface area contributed by atoms with Crippen LogP contribution >= 0.6 is 0 Å². The van der Waals surface area contributed by atoms with Gasteiger partial charge in [0.15, 0.2) is 0 Å². The summed E-state index contributed by atoms with van der Waals surface area (Å²) in [6.07, 6.45) is 0.883. The lowest BCUT2D eigenvalue weighted by atomic mass is 10.1. The summed E-state index contributed by atoms with van der Waals surface area (Å²) in [5.74, 6) is 0.133. The van der Waals surface area contributed by atoms with Gasteiger partial charge in [-0.1, -0.05) is 0 Å². The van der Waals surface area contributed by atoms with Crippen LogP contribution in [-0.4, -0.2) is 23.4 Å². The summed E-state index contributed by atoms with van der Waals surface area (Å²) in [4.78, 5) is 10.5. The molecule has 1 aromatic rings. The first kappa shape index (κ1) is 6.60. The molecule has 0 bridgehead atoms. The Labute approximate surface area is 62.4 Å². The summed E-state index contributed by atoms with van der Waals surface area (Å²) in [5, 5.41) is 5.93. The van der Waals surface area contributed by atoms with Crippen molar-refractivity contribution in [2.75, 3.05) is 13.2 Å². The second kappa shape index (κ2) is 2.50. The van der Waals surface area contributed by atoms with E-state index in [1.165, 1.54) is 0 Å². The van der Waals surface area contributed by atoms with E-state index in [9.17, 15) is 4.79 Å². The SMILES string of the molecule is O=c1[nH]nc(C2CCOC2)o1. The molecule has 1 aliphatic heterocycles. The Bertz CT molecular complexity index is 284. The zero-order valence-electron chi connectivity index (χ0n) is 5.87. The second-order valence-electron chi connectivity index (χ2n) is 2.51. The second-order valence-corrected chi connectivity index (χ2v) is 2.51. The van der Waals surface area contributed by atoms with Gasteiger partial charge in [-0.3, -0.25) is 0 Å². The number of nitrogens with zero attached hydrogens (tertiary/aromatic N) is 1. The molecule has 1 atom stereocenters. The van der Waals surface area contributed by atoms with Crippen LogP contribution in [0.1, 0.15) is 18.2 Å². The van der Waals surface area contributed by atoms with Gasteiger partial charge in [-0.25, -0.2) is 9.89 Å². The zero-order valence-corrected chi connectivity index (χ0v) is 5.87. The minimum atomic E-state index is -0.494. The van der Waals surface area contributed by atoms with E-state index in [2.05, 4.69) is 10.2 Å².